The van der Waals surface area contributed by atoms with Gasteiger partial charge in [0.25, 0.3) is 10.1 Å². The average Bonchev–Trinajstić information content (AvgIpc) is 2.43. The minimum absolute atomic E-state index is 0.117. The monoisotopic (exact) mass is 320 g/mol. The normalized spacial score (nSPS) is 23.3. The molecule has 1 aliphatic rings. The lowest BCUT2D eigenvalue weighted by Gasteiger charge is -2.28. The van der Waals surface area contributed by atoms with Gasteiger partial charge in [-0.15, -0.1) is 0 Å². The van der Waals surface area contributed by atoms with E-state index in [-0.39, 0.29) is 18.5 Å². The molecular formula is C16H32O4S. The van der Waals surface area contributed by atoms with Crippen LogP contribution in [0.3, 0.4) is 0 Å². The summed E-state index contributed by atoms with van der Waals surface area (Å²) in [6.45, 7) is 2.36. The molecule has 1 aliphatic carbocycles. The Kier molecular flexibility index (Phi) is 9.52. The fourth-order valence-electron chi connectivity index (χ4n) is 3.12. The molecular weight excluding hydrogens is 288 g/mol. The second kappa shape index (κ2) is 10.6. The summed E-state index contributed by atoms with van der Waals surface area (Å²) in [6.07, 6.45) is 14.1. The molecule has 0 heterocycles. The average molecular weight is 320 g/mol. The standard InChI is InChI=1S/C16H32O4S/c1-2-3-4-5-6-7-8-15-9-11-16(12-10-15)20-13-14-21(17,18)19/h15-16H,2-14H2,1H3,(H,17,18,19). The van der Waals surface area contributed by atoms with Gasteiger partial charge in [-0.25, -0.2) is 0 Å². The van der Waals surface area contributed by atoms with Crippen molar-refractivity contribution in [1.82, 2.24) is 0 Å². The maximum atomic E-state index is 10.6. The largest absolute Gasteiger partial charge is 0.377 e. The first kappa shape index (κ1) is 18.9. The van der Waals surface area contributed by atoms with Crippen molar-refractivity contribution in [3.8, 4) is 0 Å². The van der Waals surface area contributed by atoms with Crippen molar-refractivity contribution in [2.75, 3.05) is 12.4 Å². The van der Waals surface area contributed by atoms with E-state index in [1.807, 2.05) is 0 Å². The summed E-state index contributed by atoms with van der Waals surface area (Å²) in [5, 5.41) is 0. The van der Waals surface area contributed by atoms with Crippen molar-refractivity contribution < 1.29 is 17.7 Å². The highest BCUT2D eigenvalue weighted by Gasteiger charge is 2.21. The van der Waals surface area contributed by atoms with Gasteiger partial charge in [-0.2, -0.15) is 8.42 Å². The van der Waals surface area contributed by atoms with E-state index in [0.29, 0.717) is 0 Å². The number of rotatable bonds is 11. The summed E-state index contributed by atoms with van der Waals surface area (Å²) >= 11 is 0. The highest BCUT2D eigenvalue weighted by Crippen LogP contribution is 2.30. The number of hydrogen-bond acceptors (Lipinski definition) is 3. The van der Waals surface area contributed by atoms with Gasteiger partial charge in [0.15, 0.2) is 0 Å². The Balaban J connectivity index is 1.99. The summed E-state index contributed by atoms with van der Waals surface area (Å²) in [6, 6.07) is 0. The minimum Gasteiger partial charge on any atom is -0.377 e. The summed E-state index contributed by atoms with van der Waals surface area (Å²) in [7, 11) is -3.88. The SMILES string of the molecule is CCCCCCCCC1CCC(OCCS(=O)(=O)O)CC1. The lowest BCUT2D eigenvalue weighted by molar-refractivity contribution is 0.0251. The predicted molar refractivity (Wildman–Crippen MR) is 86.1 cm³/mol. The maximum Gasteiger partial charge on any atom is 0.267 e. The third-order valence-electron chi connectivity index (χ3n) is 4.45. The first-order valence-electron chi connectivity index (χ1n) is 8.58. The zero-order valence-corrected chi connectivity index (χ0v) is 14.2. The van der Waals surface area contributed by atoms with Crippen molar-refractivity contribution in [2.24, 2.45) is 5.92 Å². The molecule has 0 aromatic heterocycles. The van der Waals surface area contributed by atoms with Crippen molar-refractivity contribution in [3.05, 3.63) is 0 Å². The van der Waals surface area contributed by atoms with Crippen LogP contribution in [-0.2, 0) is 14.9 Å². The molecule has 0 aliphatic heterocycles. The molecule has 0 spiro atoms. The molecule has 0 bridgehead atoms. The van der Waals surface area contributed by atoms with Crippen LogP contribution in [0.2, 0.25) is 0 Å². The third-order valence-corrected chi connectivity index (χ3v) is 5.14. The van der Waals surface area contributed by atoms with Crippen molar-refractivity contribution in [1.29, 1.82) is 0 Å². The summed E-state index contributed by atoms with van der Waals surface area (Å²) in [5.74, 6) is 0.544. The fraction of sp³-hybridized carbons (Fsp3) is 1.00. The molecule has 5 heteroatoms. The topological polar surface area (TPSA) is 63.6 Å². The smallest absolute Gasteiger partial charge is 0.267 e. The van der Waals surface area contributed by atoms with E-state index in [2.05, 4.69) is 6.92 Å². The molecule has 0 aromatic carbocycles. The van der Waals surface area contributed by atoms with Gasteiger partial charge in [0, 0.05) is 0 Å². The van der Waals surface area contributed by atoms with E-state index in [9.17, 15) is 8.42 Å². The molecule has 0 saturated heterocycles. The zero-order chi connectivity index (χ0) is 15.6. The second-order valence-electron chi connectivity index (χ2n) is 6.36. The van der Waals surface area contributed by atoms with Crippen LogP contribution in [0, 0.1) is 5.92 Å². The molecule has 0 amide bonds. The highest BCUT2D eigenvalue weighted by atomic mass is 32.2. The molecule has 1 rings (SSSR count). The van der Waals surface area contributed by atoms with Gasteiger partial charge in [-0.05, 0) is 31.6 Å². The van der Waals surface area contributed by atoms with E-state index < -0.39 is 10.1 Å². The van der Waals surface area contributed by atoms with E-state index >= 15 is 0 Å². The predicted octanol–water partition coefficient (Wildman–Crippen LogP) is 4.20. The molecule has 126 valence electrons. The van der Waals surface area contributed by atoms with E-state index in [0.717, 1.165) is 18.8 Å². The first-order valence-corrected chi connectivity index (χ1v) is 10.2. The molecule has 0 aromatic rings. The van der Waals surface area contributed by atoms with E-state index in [1.54, 1.807) is 0 Å². The summed E-state index contributed by atoms with van der Waals surface area (Å²) in [4.78, 5) is 0. The molecule has 0 unspecified atom stereocenters. The van der Waals surface area contributed by atoms with Crippen LogP contribution in [0.1, 0.15) is 77.6 Å². The molecule has 4 nitrogen and oxygen atoms in total. The molecule has 1 saturated carbocycles. The van der Waals surface area contributed by atoms with Gasteiger partial charge < -0.3 is 4.74 Å². The number of unbranched alkanes of at least 4 members (excludes halogenated alkanes) is 5. The van der Waals surface area contributed by atoms with Crippen LogP contribution in [0.25, 0.3) is 0 Å². The molecule has 1 fully saturated rings. The second-order valence-corrected chi connectivity index (χ2v) is 7.93. The first-order chi connectivity index (χ1) is 10.0. The van der Waals surface area contributed by atoms with Gasteiger partial charge in [0.1, 0.15) is 0 Å². The Bertz CT molecular complexity index is 345. The van der Waals surface area contributed by atoms with Gasteiger partial charge in [0.2, 0.25) is 0 Å². The van der Waals surface area contributed by atoms with Crippen molar-refractivity contribution in [3.63, 3.8) is 0 Å². The van der Waals surface area contributed by atoms with Crippen LogP contribution in [0.5, 0.6) is 0 Å². The van der Waals surface area contributed by atoms with Crippen LogP contribution in [0.4, 0.5) is 0 Å². The number of hydrogen-bond donors (Lipinski definition) is 1. The van der Waals surface area contributed by atoms with Gasteiger partial charge in [-0.1, -0.05) is 51.9 Å². The quantitative estimate of drug-likeness (QED) is 0.458. The van der Waals surface area contributed by atoms with Crippen LogP contribution >= 0.6 is 0 Å². The summed E-state index contributed by atoms with van der Waals surface area (Å²) < 4.78 is 35.4. The molecule has 1 N–H and O–H groups in total. The minimum atomic E-state index is -3.88. The van der Waals surface area contributed by atoms with E-state index in [1.165, 1.54) is 57.8 Å². The molecule has 21 heavy (non-hydrogen) atoms. The number of ether oxygens (including phenoxy) is 1. The van der Waals surface area contributed by atoms with Gasteiger partial charge >= 0.3 is 0 Å². The van der Waals surface area contributed by atoms with Gasteiger partial charge in [-0.3, -0.25) is 4.55 Å². The van der Waals surface area contributed by atoms with Crippen LogP contribution < -0.4 is 0 Å². The molecule has 0 radical (unpaired) electrons. The Morgan fingerprint density at radius 1 is 1.00 bits per heavy atom. The summed E-state index contributed by atoms with van der Waals surface area (Å²) in [5.41, 5.74) is 0. The third kappa shape index (κ3) is 10.3. The Labute approximate surface area is 130 Å². The lowest BCUT2D eigenvalue weighted by atomic mass is 9.84. The zero-order valence-electron chi connectivity index (χ0n) is 13.4. The lowest BCUT2D eigenvalue weighted by Crippen LogP contribution is -2.24. The van der Waals surface area contributed by atoms with Crippen LogP contribution in [-0.4, -0.2) is 31.4 Å². The van der Waals surface area contributed by atoms with E-state index in [4.69, 9.17) is 9.29 Å². The Hall–Kier alpha value is -0.130. The molecule has 0 atom stereocenters. The van der Waals surface area contributed by atoms with Crippen molar-refractivity contribution >= 4 is 10.1 Å². The van der Waals surface area contributed by atoms with Crippen LogP contribution in [0.15, 0.2) is 0 Å². The Morgan fingerprint density at radius 3 is 2.24 bits per heavy atom. The Morgan fingerprint density at radius 2 is 1.62 bits per heavy atom. The van der Waals surface area contributed by atoms with Gasteiger partial charge in [0.05, 0.1) is 18.5 Å². The highest BCUT2D eigenvalue weighted by molar-refractivity contribution is 7.85. The maximum absolute atomic E-state index is 10.6. The fourth-order valence-corrected chi connectivity index (χ4v) is 3.43. The van der Waals surface area contributed by atoms with Crippen molar-refractivity contribution in [2.45, 2.75) is 83.7 Å².